The SMILES string of the molecule is CCC1CC(COCc2c(-c3c(Cl)cccc3Cl)noc2C2CC2)C1C(=O)Nc1cccc(C2CCCCC2)c1. The van der Waals surface area contributed by atoms with Crippen LogP contribution in [0.25, 0.3) is 11.3 Å². The molecular weight excluding hydrogens is 543 g/mol. The molecule has 212 valence electrons. The van der Waals surface area contributed by atoms with Crippen LogP contribution in [0.4, 0.5) is 5.69 Å². The molecule has 3 aromatic rings. The molecule has 3 saturated carbocycles. The number of rotatable bonds is 10. The summed E-state index contributed by atoms with van der Waals surface area (Å²) in [5.41, 5.74) is 4.53. The van der Waals surface area contributed by atoms with E-state index < -0.39 is 0 Å². The fourth-order valence-electron chi connectivity index (χ4n) is 6.78. The van der Waals surface area contributed by atoms with Gasteiger partial charge in [-0.1, -0.05) is 79.2 Å². The predicted molar refractivity (Wildman–Crippen MR) is 160 cm³/mol. The Labute approximate surface area is 246 Å². The van der Waals surface area contributed by atoms with Crippen LogP contribution < -0.4 is 5.32 Å². The molecule has 3 atom stereocenters. The summed E-state index contributed by atoms with van der Waals surface area (Å²) < 4.78 is 12.1. The Bertz CT molecular complexity index is 1320. The maximum atomic E-state index is 13.5. The number of amides is 1. The maximum Gasteiger partial charge on any atom is 0.228 e. The highest BCUT2D eigenvalue weighted by molar-refractivity contribution is 6.39. The van der Waals surface area contributed by atoms with E-state index in [4.69, 9.17) is 32.5 Å². The van der Waals surface area contributed by atoms with Crippen molar-refractivity contribution in [3.63, 3.8) is 0 Å². The number of carbonyl (C=O) groups is 1. The zero-order valence-corrected chi connectivity index (χ0v) is 24.6. The second kappa shape index (κ2) is 12.3. The predicted octanol–water partition coefficient (Wildman–Crippen LogP) is 9.39. The summed E-state index contributed by atoms with van der Waals surface area (Å²) in [5.74, 6) is 2.48. The van der Waals surface area contributed by atoms with E-state index in [1.807, 2.05) is 24.3 Å². The van der Waals surface area contributed by atoms with Crippen molar-refractivity contribution in [3.8, 4) is 11.3 Å². The summed E-state index contributed by atoms with van der Waals surface area (Å²) in [6.07, 6.45) is 10.6. The van der Waals surface area contributed by atoms with E-state index in [-0.39, 0.29) is 17.7 Å². The van der Waals surface area contributed by atoms with Gasteiger partial charge in [0.2, 0.25) is 5.91 Å². The zero-order valence-electron chi connectivity index (χ0n) is 23.1. The van der Waals surface area contributed by atoms with Crippen LogP contribution in [0.2, 0.25) is 10.0 Å². The average Bonchev–Trinajstić information content (AvgIpc) is 3.71. The molecule has 40 heavy (non-hydrogen) atoms. The molecule has 1 amide bonds. The Morgan fingerprint density at radius 3 is 2.48 bits per heavy atom. The van der Waals surface area contributed by atoms with Gasteiger partial charge in [-0.15, -0.1) is 0 Å². The van der Waals surface area contributed by atoms with Crippen LogP contribution in [0.15, 0.2) is 47.0 Å². The minimum atomic E-state index is -0.0498. The van der Waals surface area contributed by atoms with E-state index in [0.29, 0.717) is 52.3 Å². The van der Waals surface area contributed by atoms with Gasteiger partial charge in [0.1, 0.15) is 11.5 Å². The number of ether oxygens (including phenoxy) is 1. The minimum absolute atomic E-state index is 0.0498. The molecule has 3 unspecified atom stereocenters. The first-order valence-corrected chi connectivity index (χ1v) is 15.7. The topological polar surface area (TPSA) is 64.4 Å². The largest absolute Gasteiger partial charge is 0.376 e. The van der Waals surface area contributed by atoms with Crippen molar-refractivity contribution in [2.75, 3.05) is 11.9 Å². The van der Waals surface area contributed by atoms with Gasteiger partial charge in [-0.2, -0.15) is 0 Å². The molecule has 1 aromatic heterocycles. The Kier molecular flexibility index (Phi) is 8.53. The van der Waals surface area contributed by atoms with Crippen LogP contribution in [0.5, 0.6) is 0 Å². The van der Waals surface area contributed by atoms with Crippen molar-refractivity contribution < 1.29 is 14.1 Å². The Balaban J connectivity index is 1.12. The van der Waals surface area contributed by atoms with Gasteiger partial charge >= 0.3 is 0 Å². The van der Waals surface area contributed by atoms with Crippen LogP contribution in [0.1, 0.15) is 93.4 Å². The molecule has 0 saturated heterocycles. The molecule has 3 aliphatic carbocycles. The highest BCUT2D eigenvalue weighted by Gasteiger charge is 2.44. The fourth-order valence-corrected chi connectivity index (χ4v) is 7.36. The first kappa shape index (κ1) is 27.8. The van der Waals surface area contributed by atoms with Crippen molar-refractivity contribution in [3.05, 3.63) is 69.4 Å². The molecule has 0 aliphatic heterocycles. The number of nitrogens with one attached hydrogen (secondary N) is 1. The normalized spacial score (nSPS) is 23.1. The van der Waals surface area contributed by atoms with E-state index in [1.165, 1.54) is 37.7 Å². The summed E-state index contributed by atoms with van der Waals surface area (Å²) >= 11 is 13.0. The summed E-state index contributed by atoms with van der Waals surface area (Å²) in [6.45, 7) is 3.05. The number of carbonyl (C=O) groups excluding carboxylic acids is 1. The smallest absolute Gasteiger partial charge is 0.228 e. The molecule has 7 heteroatoms. The van der Waals surface area contributed by atoms with E-state index >= 15 is 0 Å². The van der Waals surface area contributed by atoms with E-state index in [1.54, 1.807) is 0 Å². The molecule has 1 N–H and O–H groups in total. The van der Waals surface area contributed by atoms with Gasteiger partial charge in [0.15, 0.2) is 0 Å². The lowest BCUT2D eigenvalue weighted by atomic mass is 9.63. The number of benzene rings is 2. The fraction of sp³-hybridized carbons (Fsp3) is 0.515. The van der Waals surface area contributed by atoms with Crippen LogP contribution in [-0.2, 0) is 16.1 Å². The molecule has 6 rings (SSSR count). The zero-order chi connectivity index (χ0) is 27.6. The number of halogens is 2. The van der Waals surface area contributed by atoms with Crippen molar-refractivity contribution in [2.24, 2.45) is 17.8 Å². The van der Waals surface area contributed by atoms with Crippen LogP contribution in [0, 0.1) is 17.8 Å². The van der Waals surface area contributed by atoms with Crippen molar-refractivity contribution in [2.45, 2.75) is 83.2 Å². The maximum absolute atomic E-state index is 13.5. The Morgan fingerprint density at radius 2 is 1.75 bits per heavy atom. The number of hydrogen-bond acceptors (Lipinski definition) is 4. The molecular formula is C33H38Cl2N2O3. The minimum Gasteiger partial charge on any atom is -0.376 e. The van der Waals surface area contributed by atoms with E-state index in [9.17, 15) is 4.79 Å². The summed E-state index contributed by atoms with van der Waals surface area (Å²) in [6, 6.07) is 13.9. The monoisotopic (exact) mass is 580 g/mol. The third-order valence-electron chi connectivity index (χ3n) is 9.22. The lowest BCUT2D eigenvalue weighted by molar-refractivity contribution is -0.132. The van der Waals surface area contributed by atoms with Gasteiger partial charge < -0.3 is 14.6 Å². The number of nitrogens with zero attached hydrogens (tertiary/aromatic N) is 1. The van der Waals surface area contributed by atoms with Gasteiger partial charge in [0.25, 0.3) is 0 Å². The Hall–Kier alpha value is -2.34. The number of aromatic nitrogens is 1. The first-order valence-electron chi connectivity index (χ1n) is 14.9. The molecule has 5 nitrogen and oxygen atoms in total. The molecule has 0 spiro atoms. The van der Waals surface area contributed by atoms with Gasteiger partial charge in [-0.05, 0) is 79.7 Å². The van der Waals surface area contributed by atoms with Gasteiger partial charge in [-0.25, -0.2) is 0 Å². The second-order valence-corrected chi connectivity index (χ2v) is 12.7. The highest BCUT2D eigenvalue weighted by Crippen LogP contribution is 2.47. The quantitative estimate of drug-likeness (QED) is 0.259. The molecule has 3 aliphatic rings. The van der Waals surface area contributed by atoms with Crippen LogP contribution >= 0.6 is 23.2 Å². The molecule has 0 radical (unpaired) electrons. The Morgan fingerprint density at radius 1 is 1.00 bits per heavy atom. The van der Waals surface area contributed by atoms with Gasteiger partial charge in [0, 0.05) is 28.7 Å². The van der Waals surface area contributed by atoms with Gasteiger partial charge in [0.05, 0.1) is 23.3 Å². The lowest BCUT2D eigenvalue weighted by Crippen LogP contribution is -2.46. The highest BCUT2D eigenvalue weighted by atomic mass is 35.5. The summed E-state index contributed by atoms with van der Waals surface area (Å²) in [7, 11) is 0. The summed E-state index contributed by atoms with van der Waals surface area (Å²) in [4.78, 5) is 13.5. The average molecular weight is 582 g/mol. The first-order chi connectivity index (χ1) is 19.5. The lowest BCUT2D eigenvalue weighted by Gasteiger charge is -2.43. The molecule has 2 aromatic carbocycles. The van der Waals surface area contributed by atoms with Crippen LogP contribution in [-0.4, -0.2) is 17.7 Å². The molecule has 3 fully saturated rings. The number of anilines is 1. The van der Waals surface area contributed by atoms with Gasteiger partial charge in [-0.3, -0.25) is 4.79 Å². The van der Waals surface area contributed by atoms with Crippen molar-refractivity contribution in [1.29, 1.82) is 0 Å². The standard InChI is InChI=1S/C33H38Cl2N2O3/c1-2-20-16-24(29(20)33(38)36-25-11-6-10-23(17-25)21-8-4-3-5-9-21)18-39-19-26-31(37-40-32(26)22-14-15-22)30-27(34)12-7-13-28(30)35/h6-7,10-13,17,20-22,24,29H,2-5,8-9,14-16,18-19H2,1H3,(H,36,38). The molecule has 1 heterocycles. The van der Waals surface area contributed by atoms with E-state index in [0.717, 1.165) is 42.7 Å². The van der Waals surface area contributed by atoms with Crippen molar-refractivity contribution in [1.82, 2.24) is 5.16 Å². The second-order valence-electron chi connectivity index (χ2n) is 11.9. The van der Waals surface area contributed by atoms with Crippen LogP contribution in [0.3, 0.4) is 0 Å². The third-order valence-corrected chi connectivity index (χ3v) is 9.85. The number of hydrogen-bond donors (Lipinski definition) is 1. The third kappa shape index (κ3) is 5.84. The molecule has 0 bridgehead atoms. The van der Waals surface area contributed by atoms with E-state index in [2.05, 4.69) is 35.6 Å². The van der Waals surface area contributed by atoms with Crippen molar-refractivity contribution >= 4 is 34.8 Å². The summed E-state index contributed by atoms with van der Waals surface area (Å²) in [5, 5.41) is 8.70.